The molecule has 1 saturated carbocycles. The van der Waals surface area contributed by atoms with Crippen molar-refractivity contribution in [2.24, 2.45) is 5.92 Å². The van der Waals surface area contributed by atoms with Gasteiger partial charge in [0.15, 0.2) is 0 Å². The largest absolute Gasteiger partial charge is 0.372 e. The molecule has 0 spiro atoms. The summed E-state index contributed by atoms with van der Waals surface area (Å²) in [5.41, 5.74) is 1.30. The van der Waals surface area contributed by atoms with Gasteiger partial charge < -0.3 is 10.1 Å². The van der Waals surface area contributed by atoms with Gasteiger partial charge in [0.2, 0.25) is 0 Å². The lowest BCUT2D eigenvalue weighted by atomic mass is 9.90. The highest BCUT2D eigenvalue weighted by Gasteiger charge is 2.17. The zero-order valence-corrected chi connectivity index (χ0v) is 12.8. The fourth-order valence-electron chi connectivity index (χ4n) is 2.96. The normalized spacial score (nSPS) is 18.1. The van der Waals surface area contributed by atoms with E-state index in [1.807, 2.05) is 0 Å². The van der Waals surface area contributed by atoms with Crippen LogP contribution in [-0.4, -0.2) is 19.7 Å². The monoisotopic (exact) mass is 275 g/mol. The van der Waals surface area contributed by atoms with Crippen LogP contribution in [0.2, 0.25) is 0 Å². The molecule has 1 aromatic carbocycles. The molecule has 2 rings (SSSR count). The molecule has 0 heterocycles. The van der Waals surface area contributed by atoms with E-state index in [1.54, 1.807) is 0 Å². The molecule has 1 unspecified atom stereocenters. The molecule has 0 amide bonds. The standard InChI is InChI=1S/C18H29NO/c1-2-13-19-14-18(17-11-7-4-8-12-17)20-15-16-9-5-3-6-10-16/h4,7-8,11-12,16,18-19H,2-3,5-6,9-10,13-15H2,1H3. The molecule has 2 heteroatoms. The van der Waals surface area contributed by atoms with Gasteiger partial charge in [0, 0.05) is 6.54 Å². The van der Waals surface area contributed by atoms with Crippen molar-refractivity contribution in [2.45, 2.75) is 51.6 Å². The van der Waals surface area contributed by atoms with Crippen LogP contribution < -0.4 is 5.32 Å². The van der Waals surface area contributed by atoms with Gasteiger partial charge in [-0.05, 0) is 37.3 Å². The smallest absolute Gasteiger partial charge is 0.0949 e. The Morgan fingerprint density at radius 2 is 1.90 bits per heavy atom. The van der Waals surface area contributed by atoms with E-state index in [0.29, 0.717) is 0 Å². The highest BCUT2D eigenvalue weighted by atomic mass is 16.5. The number of hydrogen-bond acceptors (Lipinski definition) is 2. The zero-order valence-electron chi connectivity index (χ0n) is 12.8. The molecule has 1 aliphatic rings. The minimum absolute atomic E-state index is 0.199. The summed E-state index contributed by atoms with van der Waals surface area (Å²) in [6.45, 7) is 5.11. The Bertz CT molecular complexity index is 346. The first-order chi connectivity index (χ1) is 9.90. The average molecular weight is 275 g/mol. The van der Waals surface area contributed by atoms with Crippen LogP contribution in [0.1, 0.15) is 57.1 Å². The number of benzene rings is 1. The topological polar surface area (TPSA) is 21.3 Å². The van der Waals surface area contributed by atoms with E-state index in [0.717, 1.165) is 25.6 Å². The Labute approximate surface area is 123 Å². The average Bonchev–Trinajstić information content (AvgIpc) is 2.52. The lowest BCUT2D eigenvalue weighted by Crippen LogP contribution is -2.26. The molecule has 1 aliphatic carbocycles. The van der Waals surface area contributed by atoms with Gasteiger partial charge in [-0.25, -0.2) is 0 Å². The Hall–Kier alpha value is -0.860. The van der Waals surface area contributed by atoms with Crippen molar-refractivity contribution in [1.82, 2.24) is 5.32 Å². The minimum Gasteiger partial charge on any atom is -0.372 e. The number of nitrogens with one attached hydrogen (secondary N) is 1. The van der Waals surface area contributed by atoms with Gasteiger partial charge in [-0.15, -0.1) is 0 Å². The van der Waals surface area contributed by atoms with Crippen LogP contribution >= 0.6 is 0 Å². The third-order valence-corrected chi connectivity index (χ3v) is 4.19. The zero-order chi connectivity index (χ0) is 14.0. The highest BCUT2D eigenvalue weighted by molar-refractivity contribution is 5.17. The van der Waals surface area contributed by atoms with Gasteiger partial charge in [-0.3, -0.25) is 0 Å². The Morgan fingerprint density at radius 3 is 2.60 bits per heavy atom. The number of hydrogen-bond donors (Lipinski definition) is 1. The minimum atomic E-state index is 0.199. The summed E-state index contributed by atoms with van der Waals surface area (Å²) >= 11 is 0. The van der Waals surface area contributed by atoms with Crippen LogP contribution in [0.25, 0.3) is 0 Å². The highest BCUT2D eigenvalue weighted by Crippen LogP contribution is 2.26. The van der Waals surface area contributed by atoms with Crippen molar-refractivity contribution >= 4 is 0 Å². The van der Waals surface area contributed by atoms with E-state index < -0.39 is 0 Å². The van der Waals surface area contributed by atoms with E-state index in [9.17, 15) is 0 Å². The molecule has 1 N–H and O–H groups in total. The summed E-state index contributed by atoms with van der Waals surface area (Å²) in [4.78, 5) is 0. The van der Waals surface area contributed by atoms with Crippen LogP contribution in [0, 0.1) is 5.92 Å². The first kappa shape index (κ1) is 15.5. The summed E-state index contributed by atoms with van der Waals surface area (Å²) in [5, 5.41) is 3.50. The fraction of sp³-hybridized carbons (Fsp3) is 0.667. The van der Waals surface area contributed by atoms with Gasteiger partial charge in [-0.1, -0.05) is 56.5 Å². The Kier molecular flexibility index (Phi) is 7.10. The quantitative estimate of drug-likeness (QED) is 0.713. The number of ether oxygens (including phenoxy) is 1. The molecular weight excluding hydrogens is 246 g/mol. The first-order valence-corrected chi connectivity index (χ1v) is 8.27. The summed E-state index contributed by atoms with van der Waals surface area (Å²) in [6, 6.07) is 10.6. The molecule has 0 radical (unpaired) electrons. The van der Waals surface area contributed by atoms with Gasteiger partial charge >= 0.3 is 0 Å². The van der Waals surface area contributed by atoms with E-state index >= 15 is 0 Å². The second-order valence-corrected chi connectivity index (χ2v) is 5.94. The van der Waals surface area contributed by atoms with Crippen LogP contribution in [0.4, 0.5) is 0 Å². The molecule has 20 heavy (non-hydrogen) atoms. The second-order valence-electron chi connectivity index (χ2n) is 5.94. The summed E-state index contributed by atoms with van der Waals surface area (Å²) in [5.74, 6) is 0.779. The maximum Gasteiger partial charge on any atom is 0.0949 e. The van der Waals surface area contributed by atoms with Crippen LogP contribution in [-0.2, 0) is 4.74 Å². The van der Waals surface area contributed by atoms with Crippen LogP contribution in [0.15, 0.2) is 30.3 Å². The summed E-state index contributed by atoms with van der Waals surface area (Å²) in [7, 11) is 0. The third kappa shape index (κ3) is 5.26. The molecule has 2 nitrogen and oxygen atoms in total. The molecule has 0 aromatic heterocycles. The first-order valence-electron chi connectivity index (χ1n) is 8.27. The van der Waals surface area contributed by atoms with Gasteiger partial charge in [-0.2, -0.15) is 0 Å². The van der Waals surface area contributed by atoms with Gasteiger partial charge in [0.05, 0.1) is 12.7 Å². The second kappa shape index (κ2) is 9.15. The van der Waals surface area contributed by atoms with E-state index in [2.05, 4.69) is 42.6 Å². The molecule has 1 atom stereocenters. The van der Waals surface area contributed by atoms with Crippen molar-refractivity contribution in [3.05, 3.63) is 35.9 Å². The third-order valence-electron chi connectivity index (χ3n) is 4.19. The Balaban J connectivity index is 1.84. The molecule has 0 saturated heterocycles. The molecule has 112 valence electrons. The fourth-order valence-corrected chi connectivity index (χ4v) is 2.96. The Morgan fingerprint density at radius 1 is 1.15 bits per heavy atom. The van der Waals surface area contributed by atoms with Crippen molar-refractivity contribution < 1.29 is 4.74 Å². The SMILES string of the molecule is CCCNCC(OCC1CCCCC1)c1ccccc1. The lowest BCUT2D eigenvalue weighted by Gasteiger charge is -2.25. The molecule has 0 bridgehead atoms. The summed E-state index contributed by atoms with van der Waals surface area (Å²) < 4.78 is 6.25. The molecule has 0 aliphatic heterocycles. The predicted molar refractivity (Wildman–Crippen MR) is 84.9 cm³/mol. The van der Waals surface area contributed by atoms with Crippen molar-refractivity contribution in [2.75, 3.05) is 19.7 Å². The van der Waals surface area contributed by atoms with Crippen LogP contribution in [0.3, 0.4) is 0 Å². The van der Waals surface area contributed by atoms with Gasteiger partial charge in [0.25, 0.3) is 0 Å². The summed E-state index contributed by atoms with van der Waals surface area (Å²) in [6.07, 6.45) is 8.26. The lowest BCUT2D eigenvalue weighted by molar-refractivity contribution is 0.0200. The van der Waals surface area contributed by atoms with E-state index in [1.165, 1.54) is 44.1 Å². The maximum atomic E-state index is 6.25. The molecule has 1 fully saturated rings. The molecule has 1 aromatic rings. The number of rotatable bonds is 8. The van der Waals surface area contributed by atoms with E-state index in [-0.39, 0.29) is 6.10 Å². The van der Waals surface area contributed by atoms with E-state index in [4.69, 9.17) is 4.74 Å². The van der Waals surface area contributed by atoms with Crippen molar-refractivity contribution in [1.29, 1.82) is 0 Å². The van der Waals surface area contributed by atoms with Crippen molar-refractivity contribution in [3.63, 3.8) is 0 Å². The predicted octanol–water partition coefficient (Wildman–Crippen LogP) is 4.32. The van der Waals surface area contributed by atoms with Gasteiger partial charge in [0.1, 0.15) is 0 Å². The van der Waals surface area contributed by atoms with Crippen molar-refractivity contribution in [3.8, 4) is 0 Å². The molecular formula is C18H29NO. The maximum absolute atomic E-state index is 6.25. The van der Waals surface area contributed by atoms with Crippen LogP contribution in [0.5, 0.6) is 0 Å².